The molecule has 1 aromatic carbocycles. The third-order valence-electron chi connectivity index (χ3n) is 5.40. The van der Waals surface area contributed by atoms with Gasteiger partial charge in [-0.3, -0.25) is 4.79 Å². The van der Waals surface area contributed by atoms with Crippen LogP contribution in [0.1, 0.15) is 94.0 Å². The normalized spacial score (nSPS) is 12.2. The molecule has 1 rings (SSSR count). The number of hydrogen-bond acceptors (Lipinski definition) is 8. The highest BCUT2D eigenvalue weighted by Crippen LogP contribution is 2.38. The highest BCUT2D eigenvalue weighted by atomic mass is 32.2. The first-order valence-corrected chi connectivity index (χ1v) is 15.1. The van der Waals surface area contributed by atoms with Crippen molar-refractivity contribution >= 4 is 36.2 Å². The second-order valence-corrected chi connectivity index (χ2v) is 11.1. The van der Waals surface area contributed by atoms with Crippen LogP contribution in [0.3, 0.4) is 0 Å². The molecular formula is C25H39O9PS. The van der Waals surface area contributed by atoms with Gasteiger partial charge in [-0.25, -0.2) is 14.2 Å². The molecule has 36 heavy (non-hydrogen) atoms. The van der Waals surface area contributed by atoms with Crippen molar-refractivity contribution < 1.29 is 43.3 Å². The molecule has 1 aromatic rings. The molecule has 0 saturated heterocycles. The van der Waals surface area contributed by atoms with Gasteiger partial charge in [-0.2, -0.15) is 0 Å². The lowest BCUT2D eigenvalue weighted by Gasteiger charge is -2.16. The molecule has 11 heteroatoms. The standard InChI is InChI=1S/C25H39O9PS/c1-3-5-6-7-8-9-10-11-12-16-22(27)36-18-20(26)17-19-14-13-15-21(23(19)24(28)33-4-2)34-25(29)35(30,31)32/h13-15,20,26H,3-12,16-18H2,1-2H3,(H2,30,31,32). The minimum Gasteiger partial charge on any atom is -0.462 e. The van der Waals surface area contributed by atoms with Gasteiger partial charge in [0.15, 0.2) is 5.12 Å². The van der Waals surface area contributed by atoms with Crippen molar-refractivity contribution in [3.63, 3.8) is 0 Å². The number of hydrogen-bond donors (Lipinski definition) is 3. The molecule has 0 amide bonds. The largest absolute Gasteiger partial charge is 0.462 e. The van der Waals surface area contributed by atoms with Crippen LogP contribution in [0.2, 0.25) is 0 Å². The molecule has 9 nitrogen and oxygen atoms in total. The van der Waals surface area contributed by atoms with E-state index in [4.69, 9.17) is 19.3 Å². The molecule has 0 fully saturated rings. The smallest absolute Gasteiger partial charge is 0.433 e. The van der Waals surface area contributed by atoms with Gasteiger partial charge in [0.2, 0.25) is 0 Å². The van der Waals surface area contributed by atoms with Gasteiger partial charge < -0.3 is 24.4 Å². The maximum atomic E-state index is 12.5. The maximum Gasteiger partial charge on any atom is 0.433 e. The van der Waals surface area contributed by atoms with Crippen LogP contribution < -0.4 is 4.74 Å². The summed E-state index contributed by atoms with van der Waals surface area (Å²) in [7, 11) is -5.18. The zero-order chi connectivity index (χ0) is 27.0. The van der Waals surface area contributed by atoms with Crippen molar-refractivity contribution in [2.24, 2.45) is 0 Å². The highest BCUT2D eigenvalue weighted by molar-refractivity contribution is 8.13. The summed E-state index contributed by atoms with van der Waals surface area (Å²) >= 11 is 1.03. The summed E-state index contributed by atoms with van der Waals surface area (Å²) in [6.07, 6.45) is 9.86. The molecule has 1 atom stereocenters. The van der Waals surface area contributed by atoms with Crippen molar-refractivity contribution in [2.75, 3.05) is 12.4 Å². The molecule has 0 bridgehead atoms. The van der Waals surface area contributed by atoms with Gasteiger partial charge in [0.25, 0.3) is 0 Å². The average molecular weight is 547 g/mol. The maximum absolute atomic E-state index is 12.5. The number of carbonyl (C=O) groups excluding carboxylic acids is 3. The summed E-state index contributed by atoms with van der Waals surface area (Å²) < 4.78 is 20.9. The molecular weight excluding hydrogens is 507 g/mol. The van der Waals surface area contributed by atoms with E-state index in [0.717, 1.165) is 31.0 Å². The van der Waals surface area contributed by atoms with Gasteiger partial charge >= 0.3 is 19.3 Å². The summed E-state index contributed by atoms with van der Waals surface area (Å²) in [5.41, 5.74) is -1.74. The monoisotopic (exact) mass is 546 g/mol. The van der Waals surface area contributed by atoms with Crippen molar-refractivity contribution in [1.29, 1.82) is 0 Å². The third-order valence-corrected chi connectivity index (χ3v) is 7.05. The van der Waals surface area contributed by atoms with E-state index in [2.05, 4.69) is 6.92 Å². The van der Waals surface area contributed by atoms with E-state index in [1.807, 2.05) is 0 Å². The van der Waals surface area contributed by atoms with Crippen LogP contribution in [0, 0.1) is 0 Å². The molecule has 0 heterocycles. The number of ether oxygens (including phenoxy) is 2. The van der Waals surface area contributed by atoms with Gasteiger partial charge in [-0.15, -0.1) is 0 Å². The fraction of sp³-hybridized carbons (Fsp3) is 0.640. The Labute approximate surface area is 217 Å². The lowest BCUT2D eigenvalue weighted by molar-refractivity contribution is -0.111. The van der Waals surface area contributed by atoms with Crippen LogP contribution in [0.15, 0.2) is 18.2 Å². The number of aliphatic hydroxyl groups is 1. The van der Waals surface area contributed by atoms with E-state index in [-0.39, 0.29) is 40.8 Å². The number of esters is 1. The highest BCUT2D eigenvalue weighted by Gasteiger charge is 2.31. The van der Waals surface area contributed by atoms with Crippen LogP contribution in [-0.2, 0) is 20.5 Å². The van der Waals surface area contributed by atoms with Crippen molar-refractivity contribution in [3.8, 4) is 5.75 Å². The zero-order valence-electron chi connectivity index (χ0n) is 21.1. The summed E-state index contributed by atoms with van der Waals surface area (Å²) in [5.74, 6) is -1.12. The number of benzene rings is 1. The molecule has 0 aliphatic heterocycles. The lowest BCUT2D eigenvalue weighted by Crippen LogP contribution is -2.19. The van der Waals surface area contributed by atoms with E-state index >= 15 is 0 Å². The van der Waals surface area contributed by atoms with Gasteiger partial charge in [0, 0.05) is 18.6 Å². The Hall–Kier alpha value is -1.71. The number of thioether (sulfide) groups is 1. The van der Waals surface area contributed by atoms with Crippen LogP contribution >= 0.6 is 19.4 Å². The number of rotatable bonds is 18. The van der Waals surface area contributed by atoms with Crippen molar-refractivity contribution in [3.05, 3.63) is 29.3 Å². The first-order valence-electron chi connectivity index (χ1n) is 12.5. The Kier molecular flexibility index (Phi) is 15.9. The second-order valence-electron chi connectivity index (χ2n) is 8.54. The van der Waals surface area contributed by atoms with E-state index in [1.54, 1.807) is 6.92 Å². The van der Waals surface area contributed by atoms with E-state index in [9.17, 15) is 24.1 Å². The zero-order valence-corrected chi connectivity index (χ0v) is 22.9. The number of aliphatic hydroxyl groups excluding tert-OH is 1. The fourth-order valence-electron chi connectivity index (χ4n) is 3.57. The van der Waals surface area contributed by atoms with Crippen LogP contribution in [-0.4, -0.2) is 50.2 Å². The summed E-state index contributed by atoms with van der Waals surface area (Å²) in [6.45, 7) is 3.79. The number of unbranched alkanes of at least 4 members (excludes halogenated alkanes) is 8. The van der Waals surface area contributed by atoms with Gasteiger partial charge in [0.1, 0.15) is 11.3 Å². The van der Waals surface area contributed by atoms with Gasteiger partial charge in [-0.05, 0) is 25.0 Å². The fourth-order valence-corrected chi connectivity index (χ4v) is 4.58. The molecule has 0 spiro atoms. The lowest BCUT2D eigenvalue weighted by atomic mass is 10.0. The molecule has 0 aliphatic carbocycles. The minimum atomic E-state index is -5.18. The third kappa shape index (κ3) is 13.0. The van der Waals surface area contributed by atoms with Crippen molar-refractivity contribution in [2.45, 2.75) is 90.6 Å². The topological polar surface area (TPSA) is 147 Å². The van der Waals surface area contributed by atoms with Crippen LogP contribution in [0.4, 0.5) is 4.79 Å². The van der Waals surface area contributed by atoms with E-state index in [0.29, 0.717) is 6.42 Å². The SMILES string of the molecule is CCCCCCCCCCCC(=O)SCC(O)Cc1cccc(OC(=O)P(=O)(O)O)c1C(=O)OCC. The minimum absolute atomic E-state index is 0.00747. The molecule has 0 aliphatic rings. The Balaban J connectivity index is 2.58. The molecule has 1 unspecified atom stereocenters. The average Bonchev–Trinajstić information content (AvgIpc) is 2.81. The predicted octanol–water partition coefficient (Wildman–Crippen LogP) is 5.62. The molecule has 0 aromatic heterocycles. The molecule has 0 radical (unpaired) electrons. The first kappa shape index (κ1) is 32.3. The summed E-state index contributed by atoms with van der Waals surface area (Å²) in [5, 5.41) is 10.5. The Morgan fingerprint density at radius 1 is 0.972 bits per heavy atom. The van der Waals surface area contributed by atoms with E-state index in [1.165, 1.54) is 56.7 Å². The Bertz CT molecular complexity index is 884. The van der Waals surface area contributed by atoms with Gasteiger partial charge in [0.05, 0.1) is 12.7 Å². The van der Waals surface area contributed by atoms with E-state index < -0.39 is 25.4 Å². The molecule has 204 valence electrons. The molecule has 0 saturated carbocycles. The van der Waals surface area contributed by atoms with Crippen LogP contribution in [0.25, 0.3) is 0 Å². The van der Waals surface area contributed by atoms with Crippen LogP contribution in [0.5, 0.6) is 5.75 Å². The first-order chi connectivity index (χ1) is 17.1. The number of carbonyl (C=O) groups is 3. The summed E-state index contributed by atoms with van der Waals surface area (Å²) in [4.78, 5) is 54.3. The predicted molar refractivity (Wildman–Crippen MR) is 139 cm³/mol. The van der Waals surface area contributed by atoms with Crippen molar-refractivity contribution in [1.82, 2.24) is 0 Å². The molecule has 3 N–H and O–H groups in total. The second kappa shape index (κ2) is 17.7. The summed E-state index contributed by atoms with van der Waals surface area (Å²) in [6, 6.07) is 4.15. The Morgan fingerprint density at radius 2 is 1.58 bits per heavy atom. The Morgan fingerprint density at radius 3 is 2.17 bits per heavy atom. The van der Waals surface area contributed by atoms with Gasteiger partial charge in [-0.1, -0.05) is 82.2 Å². The quantitative estimate of drug-likeness (QED) is 0.120.